The first-order chi connectivity index (χ1) is 14.5. The van der Waals surface area contributed by atoms with Crippen LogP contribution in [0.2, 0.25) is 5.02 Å². The number of benzene rings is 3. The van der Waals surface area contributed by atoms with Crippen LogP contribution in [0.3, 0.4) is 0 Å². The van der Waals surface area contributed by atoms with Gasteiger partial charge in [0.2, 0.25) is 0 Å². The number of rotatable bonds is 5. The van der Waals surface area contributed by atoms with Gasteiger partial charge >= 0.3 is 5.69 Å². The van der Waals surface area contributed by atoms with Crippen molar-refractivity contribution in [2.45, 2.75) is 6.54 Å². The predicted molar refractivity (Wildman–Crippen MR) is 116 cm³/mol. The van der Waals surface area contributed by atoms with Gasteiger partial charge in [-0.3, -0.25) is 15.0 Å². The third kappa shape index (κ3) is 4.03. The number of carbonyl (C=O) groups is 1. The smallest absolute Gasteiger partial charge is 0.306 e. The Labute approximate surface area is 175 Å². The molecule has 0 aliphatic heterocycles. The molecule has 3 N–H and O–H groups in total. The fraction of sp³-hybridized carbons (Fsp3) is 0.0455. The number of hydrazine groups is 1. The molecular weight excluding hydrogens is 404 g/mol. The zero-order valence-corrected chi connectivity index (χ0v) is 16.4. The van der Waals surface area contributed by atoms with Crippen LogP contribution in [0.4, 0.5) is 0 Å². The molecule has 150 valence electrons. The molecule has 0 bridgehead atoms. The third-order valence-corrected chi connectivity index (χ3v) is 4.83. The maximum Gasteiger partial charge on any atom is 0.333 e. The summed E-state index contributed by atoms with van der Waals surface area (Å²) in [5.41, 5.74) is 6.43. The lowest BCUT2D eigenvalue weighted by Crippen LogP contribution is -2.37. The van der Waals surface area contributed by atoms with E-state index in [2.05, 4.69) is 15.8 Å². The van der Waals surface area contributed by atoms with Gasteiger partial charge in [-0.05, 0) is 48.0 Å². The third-order valence-electron chi connectivity index (χ3n) is 4.58. The first kappa shape index (κ1) is 19.6. The van der Waals surface area contributed by atoms with Crippen molar-refractivity contribution in [3.8, 4) is 5.69 Å². The van der Waals surface area contributed by atoms with Crippen LogP contribution < -0.4 is 22.1 Å². The summed E-state index contributed by atoms with van der Waals surface area (Å²) in [6, 6.07) is 20.4. The van der Waals surface area contributed by atoms with Crippen molar-refractivity contribution in [1.82, 2.24) is 20.4 Å². The van der Waals surface area contributed by atoms with E-state index in [4.69, 9.17) is 11.6 Å². The molecule has 30 heavy (non-hydrogen) atoms. The zero-order valence-electron chi connectivity index (χ0n) is 15.7. The van der Waals surface area contributed by atoms with E-state index in [1.165, 1.54) is 18.2 Å². The van der Waals surface area contributed by atoms with Crippen molar-refractivity contribution in [3.05, 3.63) is 110 Å². The van der Waals surface area contributed by atoms with Gasteiger partial charge in [0, 0.05) is 17.1 Å². The molecule has 3 aromatic carbocycles. The van der Waals surface area contributed by atoms with Crippen LogP contribution in [-0.2, 0) is 6.54 Å². The van der Waals surface area contributed by atoms with Crippen LogP contribution in [0.15, 0.2) is 82.4 Å². The van der Waals surface area contributed by atoms with Crippen LogP contribution in [0.25, 0.3) is 16.6 Å². The van der Waals surface area contributed by atoms with Crippen molar-refractivity contribution >= 4 is 28.4 Å². The van der Waals surface area contributed by atoms with E-state index in [0.717, 1.165) is 10.1 Å². The highest BCUT2D eigenvalue weighted by atomic mass is 35.5. The molecular formula is C22H17ClN4O3. The largest absolute Gasteiger partial charge is 0.333 e. The Kier molecular flexibility index (Phi) is 5.47. The first-order valence-corrected chi connectivity index (χ1v) is 9.53. The minimum Gasteiger partial charge on any atom is -0.306 e. The van der Waals surface area contributed by atoms with Crippen molar-refractivity contribution in [3.63, 3.8) is 0 Å². The van der Waals surface area contributed by atoms with Crippen LogP contribution >= 0.6 is 11.6 Å². The van der Waals surface area contributed by atoms with E-state index in [9.17, 15) is 14.4 Å². The van der Waals surface area contributed by atoms with E-state index >= 15 is 0 Å². The van der Waals surface area contributed by atoms with Crippen molar-refractivity contribution in [1.29, 1.82) is 0 Å². The Hall–Kier alpha value is -3.68. The fourth-order valence-electron chi connectivity index (χ4n) is 3.07. The molecule has 4 aromatic rings. The Bertz CT molecular complexity index is 1330. The number of aromatic amines is 1. The average molecular weight is 421 g/mol. The molecule has 4 rings (SSSR count). The monoisotopic (exact) mass is 420 g/mol. The van der Waals surface area contributed by atoms with E-state index in [1.807, 2.05) is 12.1 Å². The normalized spacial score (nSPS) is 10.8. The molecule has 1 heterocycles. The molecule has 0 radical (unpaired) electrons. The van der Waals surface area contributed by atoms with Gasteiger partial charge in [0.05, 0.1) is 16.6 Å². The summed E-state index contributed by atoms with van der Waals surface area (Å²) in [7, 11) is 0. The van der Waals surface area contributed by atoms with E-state index < -0.39 is 11.2 Å². The quantitative estimate of drug-likeness (QED) is 0.432. The van der Waals surface area contributed by atoms with Gasteiger partial charge in [-0.15, -0.1) is 0 Å². The molecule has 0 fully saturated rings. The summed E-state index contributed by atoms with van der Waals surface area (Å²) in [5.74, 6) is -0.390. The lowest BCUT2D eigenvalue weighted by atomic mass is 10.1. The number of nitrogens with one attached hydrogen (secondary N) is 3. The number of H-pyrrole nitrogens is 1. The molecule has 8 heteroatoms. The predicted octanol–water partition coefficient (Wildman–Crippen LogP) is 2.77. The number of para-hydroxylation sites is 1. The summed E-state index contributed by atoms with van der Waals surface area (Å²) < 4.78 is 1.07. The lowest BCUT2D eigenvalue weighted by Gasteiger charge is -2.09. The SMILES string of the molecule is O=C(NNCc1ccc(Cl)cc1)c1ccc2c(=O)n(-c3ccccc3)c(=O)[nH]c2c1. The van der Waals surface area contributed by atoms with E-state index in [1.54, 1.807) is 42.5 Å². The van der Waals surface area contributed by atoms with Crippen molar-refractivity contribution < 1.29 is 4.79 Å². The Morgan fingerprint density at radius 2 is 1.70 bits per heavy atom. The molecule has 7 nitrogen and oxygen atoms in total. The van der Waals surface area contributed by atoms with Gasteiger partial charge < -0.3 is 4.98 Å². The molecule has 0 saturated heterocycles. The number of hydrogen-bond donors (Lipinski definition) is 3. The van der Waals surface area contributed by atoms with Gasteiger partial charge in [0.25, 0.3) is 11.5 Å². The van der Waals surface area contributed by atoms with Crippen molar-refractivity contribution in [2.75, 3.05) is 0 Å². The molecule has 0 aliphatic rings. The second-order valence-electron chi connectivity index (χ2n) is 6.60. The number of halogens is 1. The molecule has 1 aromatic heterocycles. The topological polar surface area (TPSA) is 96.0 Å². The summed E-state index contributed by atoms with van der Waals surface area (Å²) in [6.07, 6.45) is 0. The number of aromatic nitrogens is 2. The molecule has 0 aliphatic carbocycles. The second-order valence-corrected chi connectivity index (χ2v) is 7.04. The standard InChI is InChI=1S/C22H17ClN4O3/c23-16-9-6-14(7-10-16)13-24-26-20(28)15-8-11-18-19(12-15)25-22(30)27(21(18)29)17-4-2-1-3-5-17/h1-12,24H,13H2,(H,25,30)(H,26,28). The number of nitrogens with zero attached hydrogens (tertiary/aromatic N) is 1. The van der Waals surface area contributed by atoms with Gasteiger partial charge in [0.15, 0.2) is 0 Å². The van der Waals surface area contributed by atoms with E-state index in [-0.39, 0.29) is 5.91 Å². The summed E-state index contributed by atoms with van der Waals surface area (Å²) in [5, 5.41) is 0.948. The number of fused-ring (bicyclic) bond motifs is 1. The lowest BCUT2D eigenvalue weighted by molar-refractivity contribution is 0.0932. The van der Waals surface area contributed by atoms with Crippen LogP contribution in [-0.4, -0.2) is 15.5 Å². The molecule has 0 atom stereocenters. The summed E-state index contributed by atoms with van der Waals surface area (Å²) in [4.78, 5) is 40.4. The molecule has 0 saturated carbocycles. The number of amides is 1. The number of hydrogen-bond acceptors (Lipinski definition) is 4. The zero-order chi connectivity index (χ0) is 21.1. The summed E-state index contributed by atoms with van der Waals surface area (Å²) >= 11 is 5.85. The minimum absolute atomic E-state index is 0.294. The van der Waals surface area contributed by atoms with Gasteiger partial charge in [0.1, 0.15) is 0 Å². The maximum atomic E-state index is 12.8. The highest BCUT2D eigenvalue weighted by molar-refractivity contribution is 6.30. The van der Waals surface area contributed by atoms with Crippen molar-refractivity contribution in [2.24, 2.45) is 0 Å². The molecule has 1 amide bonds. The van der Waals surface area contributed by atoms with Crippen LogP contribution in [0.1, 0.15) is 15.9 Å². The Morgan fingerprint density at radius 1 is 0.967 bits per heavy atom. The second kappa shape index (κ2) is 8.36. The van der Waals surface area contributed by atoms with Gasteiger partial charge in [-0.1, -0.05) is 41.9 Å². The Balaban J connectivity index is 1.56. The highest BCUT2D eigenvalue weighted by Gasteiger charge is 2.12. The number of carbonyl (C=O) groups excluding carboxylic acids is 1. The Morgan fingerprint density at radius 3 is 2.43 bits per heavy atom. The van der Waals surface area contributed by atoms with Crippen LogP contribution in [0.5, 0.6) is 0 Å². The first-order valence-electron chi connectivity index (χ1n) is 9.15. The fourth-order valence-corrected chi connectivity index (χ4v) is 3.20. The summed E-state index contributed by atoms with van der Waals surface area (Å²) in [6.45, 7) is 0.412. The van der Waals surface area contributed by atoms with E-state index in [0.29, 0.717) is 33.7 Å². The minimum atomic E-state index is -0.572. The molecule has 0 unspecified atom stereocenters. The van der Waals surface area contributed by atoms with Crippen LogP contribution in [0, 0.1) is 0 Å². The highest BCUT2D eigenvalue weighted by Crippen LogP contribution is 2.11. The van der Waals surface area contributed by atoms with Gasteiger partial charge in [-0.2, -0.15) is 0 Å². The molecule has 0 spiro atoms. The van der Waals surface area contributed by atoms with Gasteiger partial charge in [-0.25, -0.2) is 14.8 Å². The average Bonchev–Trinajstić information content (AvgIpc) is 2.75. The maximum absolute atomic E-state index is 12.8.